The lowest BCUT2D eigenvalue weighted by molar-refractivity contribution is -0.126. The van der Waals surface area contributed by atoms with Crippen LogP contribution in [0.1, 0.15) is 22.7 Å². The zero-order chi connectivity index (χ0) is 21.7. The Morgan fingerprint density at radius 2 is 1.45 bits per heavy atom. The zero-order valence-electron chi connectivity index (χ0n) is 17.2. The molecule has 0 saturated carbocycles. The molecular formula is C25H21FN2O3. The van der Waals surface area contributed by atoms with Crippen molar-refractivity contribution in [3.8, 4) is 0 Å². The molecule has 2 heterocycles. The molecule has 2 fully saturated rings. The molecule has 3 aromatic carbocycles. The van der Waals surface area contributed by atoms with E-state index in [0.717, 1.165) is 16.8 Å². The van der Waals surface area contributed by atoms with Crippen molar-refractivity contribution < 1.29 is 18.8 Å². The highest BCUT2D eigenvalue weighted by atomic mass is 19.1. The fourth-order valence-electron chi connectivity index (χ4n) is 4.59. The number of carbonyl (C=O) groups excluding carboxylic acids is 2. The van der Waals surface area contributed by atoms with Crippen molar-refractivity contribution in [3.63, 3.8) is 0 Å². The van der Waals surface area contributed by atoms with Crippen molar-refractivity contribution >= 4 is 23.2 Å². The summed E-state index contributed by atoms with van der Waals surface area (Å²) in [5.41, 5.74) is 3.74. The number of fused-ring (bicyclic) bond motifs is 1. The number of amides is 2. The number of hydroxylamine groups is 1. The van der Waals surface area contributed by atoms with Crippen molar-refractivity contribution in [1.29, 1.82) is 0 Å². The standard InChI is InChI=1S/C25H21FN2O3/c1-15-7-6-8-16(2)21(15)27-24(29)20-22(17-11-13-18(26)14-12-17)28(31-23(20)25(27)30)19-9-4-3-5-10-19/h3-14,20,22-23H,1-2H3. The molecule has 2 aliphatic heterocycles. The number of rotatable bonds is 3. The third kappa shape index (κ3) is 3.02. The molecule has 2 amide bonds. The highest BCUT2D eigenvalue weighted by Crippen LogP contribution is 2.48. The van der Waals surface area contributed by atoms with Crippen molar-refractivity contribution in [2.45, 2.75) is 26.0 Å². The van der Waals surface area contributed by atoms with E-state index in [-0.39, 0.29) is 17.6 Å². The normalized spacial score (nSPS) is 22.9. The number of halogens is 1. The SMILES string of the molecule is Cc1cccc(C)c1N1C(=O)C2ON(c3ccccc3)C(c3ccc(F)cc3)C2C1=O. The van der Waals surface area contributed by atoms with Gasteiger partial charge in [-0.15, -0.1) is 0 Å². The smallest absolute Gasteiger partial charge is 0.266 e. The summed E-state index contributed by atoms with van der Waals surface area (Å²) in [7, 11) is 0. The molecule has 0 N–H and O–H groups in total. The molecule has 3 unspecified atom stereocenters. The van der Waals surface area contributed by atoms with Crippen molar-refractivity contribution in [2.24, 2.45) is 5.92 Å². The molecule has 3 atom stereocenters. The second-order valence-electron chi connectivity index (χ2n) is 7.96. The molecule has 0 bridgehead atoms. The molecule has 0 aromatic heterocycles. The molecule has 5 rings (SSSR count). The van der Waals surface area contributed by atoms with E-state index in [2.05, 4.69) is 0 Å². The monoisotopic (exact) mass is 416 g/mol. The minimum Gasteiger partial charge on any atom is -0.273 e. The van der Waals surface area contributed by atoms with Gasteiger partial charge in [0.25, 0.3) is 5.91 Å². The van der Waals surface area contributed by atoms with Gasteiger partial charge >= 0.3 is 0 Å². The average Bonchev–Trinajstić information content (AvgIpc) is 3.27. The van der Waals surface area contributed by atoms with E-state index < -0.39 is 18.1 Å². The van der Waals surface area contributed by atoms with E-state index in [1.165, 1.54) is 17.0 Å². The predicted octanol–water partition coefficient (Wildman–Crippen LogP) is 4.49. The number of hydrogen-bond donors (Lipinski definition) is 0. The van der Waals surface area contributed by atoms with E-state index in [4.69, 9.17) is 4.84 Å². The molecule has 156 valence electrons. The van der Waals surface area contributed by atoms with Gasteiger partial charge in [-0.3, -0.25) is 14.4 Å². The minimum atomic E-state index is -0.943. The van der Waals surface area contributed by atoms with E-state index in [9.17, 15) is 14.0 Å². The quantitative estimate of drug-likeness (QED) is 0.590. The summed E-state index contributed by atoms with van der Waals surface area (Å²) in [6.45, 7) is 3.76. The largest absolute Gasteiger partial charge is 0.273 e. The lowest BCUT2D eigenvalue weighted by Crippen LogP contribution is -2.38. The zero-order valence-corrected chi connectivity index (χ0v) is 17.2. The first kappa shape index (κ1) is 19.5. The maximum Gasteiger partial charge on any atom is 0.266 e. The van der Waals surface area contributed by atoms with Crippen LogP contribution in [0.15, 0.2) is 72.8 Å². The Balaban J connectivity index is 1.61. The van der Waals surface area contributed by atoms with Crippen LogP contribution in [-0.4, -0.2) is 17.9 Å². The summed E-state index contributed by atoms with van der Waals surface area (Å²) in [4.78, 5) is 34.4. The van der Waals surface area contributed by atoms with Crippen LogP contribution in [0.25, 0.3) is 0 Å². The Morgan fingerprint density at radius 1 is 0.806 bits per heavy atom. The lowest BCUT2D eigenvalue weighted by atomic mass is 9.90. The van der Waals surface area contributed by atoms with Crippen molar-refractivity contribution in [2.75, 3.05) is 9.96 Å². The van der Waals surface area contributed by atoms with Crippen LogP contribution in [0.3, 0.4) is 0 Å². The molecular weight excluding hydrogens is 395 g/mol. The Kier molecular flexibility index (Phi) is 4.59. The van der Waals surface area contributed by atoms with Gasteiger partial charge in [0, 0.05) is 0 Å². The van der Waals surface area contributed by atoms with Crippen LogP contribution in [0.2, 0.25) is 0 Å². The van der Waals surface area contributed by atoms with Gasteiger partial charge in [-0.2, -0.15) is 0 Å². The van der Waals surface area contributed by atoms with E-state index >= 15 is 0 Å². The van der Waals surface area contributed by atoms with Gasteiger partial charge in [-0.25, -0.2) is 14.4 Å². The molecule has 31 heavy (non-hydrogen) atoms. The average molecular weight is 416 g/mol. The second-order valence-corrected chi connectivity index (χ2v) is 7.96. The third-order valence-electron chi connectivity index (χ3n) is 6.00. The van der Waals surface area contributed by atoms with Gasteiger partial charge in [0.1, 0.15) is 11.7 Å². The van der Waals surface area contributed by atoms with Crippen LogP contribution in [0, 0.1) is 25.6 Å². The van der Waals surface area contributed by atoms with Gasteiger partial charge in [-0.1, -0.05) is 48.5 Å². The minimum absolute atomic E-state index is 0.305. The molecule has 0 spiro atoms. The van der Waals surface area contributed by atoms with Crippen LogP contribution in [-0.2, 0) is 14.4 Å². The number of imide groups is 1. The van der Waals surface area contributed by atoms with Gasteiger partial charge in [0.2, 0.25) is 5.91 Å². The summed E-state index contributed by atoms with van der Waals surface area (Å²) in [6.07, 6.45) is -0.943. The van der Waals surface area contributed by atoms with Gasteiger partial charge < -0.3 is 0 Å². The Labute approximate surface area is 179 Å². The highest BCUT2D eigenvalue weighted by Gasteiger charge is 2.60. The fraction of sp³-hybridized carbons (Fsp3) is 0.200. The molecule has 0 radical (unpaired) electrons. The van der Waals surface area contributed by atoms with Crippen LogP contribution in [0.5, 0.6) is 0 Å². The highest BCUT2D eigenvalue weighted by molar-refractivity contribution is 6.24. The van der Waals surface area contributed by atoms with Crippen LogP contribution >= 0.6 is 0 Å². The molecule has 2 saturated heterocycles. The predicted molar refractivity (Wildman–Crippen MR) is 115 cm³/mol. The number of benzene rings is 3. The maximum atomic E-state index is 13.7. The van der Waals surface area contributed by atoms with Crippen molar-refractivity contribution in [3.05, 3.63) is 95.3 Å². The first-order valence-electron chi connectivity index (χ1n) is 10.2. The number of para-hydroxylation sites is 2. The van der Waals surface area contributed by atoms with Crippen LogP contribution < -0.4 is 9.96 Å². The number of aryl methyl sites for hydroxylation is 2. The summed E-state index contributed by atoms with van der Waals surface area (Å²) in [5.74, 6) is -1.79. The molecule has 5 nitrogen and oxygen atoms in total. The summed E-state index contributed by atoms with van der Waals surface area (Å²) >= 11 is 0. The fourth-order valence-corrected chi connectivity index (χ4v) is 4.59. The van der Waals surface area contributed by atoms with Gasteiger partial charge in [0.05, 0.1) is 17.4 Å². The van der Waals surface area contributed by atoms with Gasteiger partial charge in [-0.05, 0) is 54.8 Å². The van der Waals surface area contributed by atoms with Gasteiger partial charge in [0.15, 0.2) is 6.10 Å². The topological polar surface area (TPSA) is 49.9 Å². The third-order valence-corrected chi connectivity index (χ3v) is 6.00. The second kappa shape index (κ2) is 7.32. The Hall–Kier alpha value is -3.51. The number of anilines is 2. The number of carbonyl (C=O) groups is 2. The summed E-state index contributed by atoms with van der Waals surface area (Å²) in [6, 6.07) is 20.4. The molecule has 3 aromatic rings. The molecule has 2 aliphatic rings. The molecule has 0 aliphatic carbocycles. The van der Waals surface area contributed by atoms with E-state index in [1.807, 2.05) is 62.4 Å². The summed E-state index contributed by atoms with van der Waals surface area (Å²) in [5, 5.41) is 1.61. The lowest BCUT2D eigenvalue weighted by Gasteiger charge is -2.29. The van der Waals surface area contributed by atoms with E-state index in [1.54, 1.807) is 17.2 Å². The number of hydrogen-bond acceptors (Lipinski definition) is 4. The number of nitrogens with zero attached hydrogens (tertiary/aromatic N) is 2. The van der Waals surface area contributed by atoms with Crippen molar-refractivity contribution in [1.82, 2.24) is 0 Å². The maximum absolute atomic E-state index is 13.7. The summed E-state index contributed by atoms with van der Waals surface area (Å²) < 4.78 is 13.6. The Bertz CT molecular complexity index is 1140. The first-order valence-corrected chi connectivity index (χ1v) is 10.2. The Morgan fingerprint density at radius 3 is 2.10 bits per heavy atom. The first-order chi connectivity index (χ1) is 15.0. The molecule has 6 heteroatoms. The van der Waals surface area contributed by atoms with E-state index in [0.29, 0.717) is 11.3 Å². The van der Waals surface area contributed by atoms with Crippen LogP contribution in [0.4, 0.5) is 15.8 Å².